The van der Waals surface area contributed by atoms with Crippen LogP contribution in [0.5, 0.6) is 0 Å². The molecule has 2 aliphatic rings. The summed E-state index contributed by atoms with van der Waals surface area (Å²) in [5.74, 6) is -0.0587. The van der Waals surface area contributed by atoms with Crippen molar-refractivity contribution in [3.8, 4) is 0 Å². The topological polar surface area (TPSA) is 67.2 Å². The van der Waals surface area contributed by atoms with Gasteiger partial charge in [0.25, 0.3) is 5.91 Å². The molecule has 2 aromatic heterocycles. The molecule has 2 amide bonds. The first-order valence-electron chi connectivity index (χ1n) is 10.3. The lowest BCUT2D eigenvalue weighted by molar-refractivity contribution is -0.125. The minimum Gasteiger partial charge on any atom is -0.352 e. The van der Waals surface area contributed by atoms with Crippen LogP contribution < -0.4 is 5.32 Å². The van der Waals surface area contributed by atoms with Gasteiger partial charge in [0.2, 0.25) is 5.91 Å². The van der Waals surface area contributed by atoms with Gasteiger partial charge in [-0.1, -0.05) is 23.7 Å². The summed E-state index contributed by atoms with van der Waals surface area (Å²) in [6.45, 7) is 3.21. The molecule has 1 N–H and O–H groups in total. The van der Waals surface area contributed by atoms with Crippen LogP contribution in [0.25, 0.3) is 10.2 Å². The van der Waals surface area contributed by atoms with Crippen molar-refractivity contribution >= 4 is 45.0 Å². The summed E-state index contributed by atoms with van der Waals surface area (Å²) in [6.07, 6.45) is 3.69. The number of carbonyl (C=O) groups excluding carboxylic acids is 2. The minimum absolute atomic E-state index is 0.00504. The monoisotopic (exact) mass is 442 g/mol. The number of likely N-dealkylation sites (tertiary alicyclic amines) is 1. The van der Waals surface area contributed by atoms with Crippen LogP contribution in [0.2, 0.25) is 5.02 Å². The molecule has 0 bridgehead atoms. The highest BCUT2D eigenvalue weighted by Crippen LogP contribution is 2.32. The lowest BCUT2D eigenvalue weighted by Gasteiger charge is -2.23. The maximum atomic E-state index is 13.3. The van der Waals surface area contributed by atoms with Gasteiger partial charge in [-0.05, 0) is 56.4 Å². The number of halogens is 1. The average molecular weight is 443 g/mol. The van der Waals surface area contributed by atoms with Crippen molar-refractivity contribution in [3.63, 3.8) is 0 Å². The van der Waals surface area contributed by atoms with Gasteiger partial charge in [0.1, 0.15) is 10.9 Å². The largest absolute Gasteiger partial charge is 0.352 e. The highest BCUT2D eigenvalue weighted by molar-refractivity contribution is 7.20. The van der Waals surface area contributed by atoms with Gasteiger partial charge >= 0.3 is 0 Å². The predicted molar refractivity (Wildman–Crippen MR) is 118 cm³/mol. The zero-order valence-corrected chi connectivity index (χ0v) is 18.3. The number of rotatable bonds is 5. The second-order valence-electron chi connectivity index (χ2n) is 8.14. The molecule has 1 aliphatic heterocycles. The molecule has 1 aromatic carbocycles. The van der Waals surface area contributed by atoms with Crippen molar-refractivity contribution in [2.24, 2.45) is 0 Å². The van der Waals surface area contributed by atoms with Gasteiger partial charge < -0.3 is 10.2 Å². The van der Waals surface area contributed by atoms with Crippen molar-refractivity contribution in [1.29, 1.82) is 0 Å². The molecule has 1 saturated heterocycles. The highest BCUT2D eigenvalue weighted by Gasteiger charge is 2.37. The molecule has 2 fully saturated rings. The van der Waals surface area contributed by atoms with Crippen LogP contribution in [-0.4, -0.2) is 45.1 Å². The Kier molecular flexibility index (Phi) is 5.03. The third-order valence-corrected chi connectivity index (χ3v) is 7.19. The molecule has 8 heteroatoms. The van der Waals surface area contributed by atoms with E-state index in [1.54, 1.807) is 4.90 Å². The van der Waals surface area contributed by atoms with E-state index < -0.39 is 0 Å². The van der Waals surface area contributed by atoms with Crippen molar-refractivity contribution in [3.05, 3.63) is 51.5 Å². The summed E-state index contributed by atoms with van der Waals surface area (Å²) in [5.41, 5.74) is 2.00. The standard InChI is InChI=1S/C22H23ClN4O2S/c1-13-17-11-19(21(29)26-10-2-3-18(26)20(28)24-16-8-9-16)30-22(17)27(25-13)12-14-4-6-15(23)7-5-14/h4-7,11,16,18H,2-3,8-10,12H2,1H3,(H,24,28). The number of hydrogen-bond acceptors (Lipinski definition) is 4. The second-order valence-corrected chi connectivity index (χ2v) is 9.61. The maximum absolute atomic E-state index is 13.3. The highest BCUT2D eigenvalue weighted by atomic mass is 35.5. The Balaban J connectivity index is 1.39. The molecule has 1 aliphatic carbocycles. The first kappa shape index (κ1) is 19.6. The SMILES string of the molecule is Cc1nn(Cc2ccc(Cl)cc2)c2sc(C(=O)N3CCCC3C(=O)NC3CC3)cc12. The number of benzene rings is 1. The zero-order valence-electron chi connectivity index (χ0n) is 16.7. The summed E-state index contributed by atoms with van der Waals surface area (Å²) >= 11 is 7.44. The Labute approximate surface area is 183 Å². The van der Waals surface area contributed by atoms with Gasteiger partial charge in [-0.15, -0.1) is 11.3 Å². The van der Waals surface area contributed by atoms with Crippen molar-refractivity contribution in [2.45, 2.75) is 51.2 Å². The van der Waals surface area contributed by atoms with Crippen LogP contribution in [-0.2, 0) is 11.3 Å². The van der Waals surface area contributed by atoms with Crippen molar-refractivity contribution in [2.75, 3.05) is 6.54 Å². The Hall–Kier alpha value is -2.38. The number of hydrogen-bond donors (Lipinski definition) is 1. The van der Waals surface area contributed by atoms with Crippen LogP contribution in [0, 0.1) is 6.92 Å². The summed E-state index contributed by atoms with van der Waals surface area (Å²) < 4.78 is 1.94. The molecule has 1 unspecified atom stereocenters. The van der Waals surface area contributed by atoms with Gasteiger partial charge in [0.05, 0.1) is 17.1 Å². The third-order valence-electron chi connectivity index (χ3n) is 5.80. The number of amides is 2. The number of fused-ring (bicyclic) bond motifs is 1. The normalized spacial score (nSPS) is 18.9. The van der Waals surface area contributed by atoms with E-state index in [9.17, 15) is 9.59 Å². The van der Waals surface area contributed by atoms with Gasteiger partial charge in [0, 0.05) is 23.0 Å². The Bertz CT molecular complexity index is 1120. The van der Waals surface area contributed by atoms with Crippen molar-refractivity contribution in [1.82, 2.24) is 20.0 Å². The first-order chi connectivity index (χ1) is 14.5. The molecular weight excluding hydrogens is 420 g/mol. The van der Waals surface area contributed by atoms with Crippen molar-refractivity contribution < 1.29 is 9.59 Å². The van der Waals surface area contributed by atoms with E-state index in [1.165, 1.54) is 11.3 Å². The number of nitrogens with one attached hydrogen (secondary N) is 1. The van der Waals surface area contributed by atoms with Gasteiger partial charge in [-0.2, -0.15) is 5.10 Å². The van der Waals surface area contributed by atoms with Gasteiger partial charge in [-0.25, -0.2) is 0 Å². The third kappa shape index (κ3) is 3.72. The van der Waals surface area contributed by atoms with E-state index >= 15 is 0 Å². The van der Waals surface area contributed by atoms with E-state index in [0.717, 1.165) is 47.2 Å². The second kappa shape index (κ2) is 7.71. The lowest BCUT2D eigenvalue weighted by atomic mass is 10.2. The molecule has 1 atom stereocenters. The Morgan fingerprint density at radius 1 is 1.23 bits per heavy atom. The van der Waals surface area contributed by atoms with E-state index in [-0.39, 0.29) is 17.9 Å². The molecule has 0 spiro atoms. The first-order valence-corrected chi connectivity index (χ1v) is 11.5. The number of carbonyl (C=O) groups is 2. The lowest BCUT2D eigenvalue weighted by Crippen LogP contribution is -2.46. The Morgan fingerprint density at radius 3 is 2.73 bits per heavy atom. The fraction of sp³-hybridized carbons (Fsp3) is 0.409. The summed E-state index contributed by atoms with van der Waals surface area (Å²) in [7, 11) is 0. The predicted octanol–water partition coefficient (Wildman–Crippen LogP) is 3.99. The van der Waals surface area contributed by atoms with E-state index in [0.29, 0.717) is 29.0 Å². The molecule has 6 nitrogen and oxygen atoms in total. The molecular formula is C22H23ClN4O2S. The number of aromatic nitrogens is 2. The number of aryl methyl sites for hydroxylation is 1. The molecule has 3 heterocycles. The smallest absolute Gasteiger partial charge is 0.264 e. The maximum Gasteiger partial charge on any atom is 0.264 e. The molecule has 156 valence electrons. The minimum atomic E-state index is -0.352. The van der Waals surface area contributed by atoms with Crippen LogP contribution in [0.4, 0.5) is 0 Å². The quantitative estimate of drug-likeness (QED) is 0.649. The van der Waals surface area contributed by atoms with E-state index in [2.05, 4.69) is 10.4 Å². The average Bonchev–Trinajstić information content (AvgIpc) is 3.16. The number of thiophene rings is 1. The summed E-state index contributed by atoms with van der Waals surface area (Å²) in [4.78, 5) is 29.2. The fourth-order valence-electron chi connectivity index (χ4n) is 4.04. The Morgan fingerprint density at radius 2 is 2.00 bits per heavy atom. The number of nitrogens with zero attached hydrogens (tertiary/aromatic N) is 3. The molecule has 30 heavy (non-hydrogen) atoms. The zero-order chi connectivity index (χ0) is 20.8. The summed E-state index contributed by atoms with van der Waals surface area (Å²) in [5, 5.41) is 9.40. The van der Waals surface area contributed by atoms with Crippen LogP contribution >= 0.6 is 22.9 Å². The van der Waals surface area contributed by atoms with E-state index in [1.807, 2.05) is 41.9 Å². The summed E-state index contributed by atoms with van der Waals surface area (Å²) in [6, 6.07) is 9.59. The van der Waals surface area contributed by atoms with Crippen LogP contribution in [0.3, 0.4) is 0 Å². The molecule has 3 aromatic rings. The van der Waals surface area contributed by atoms with E-state index in [4.69, 9.17) is 11.6 Å². The fourth-order valence-corrected chi connectivity index (χ4v) is 5.28. The van der Waals surface area contributed by atoms with Gasteiger partial charge in [0.15, 0.2) is 0 Å². The van der Waals surface area contributed by atoms with Crippen LogP contribution in [0.15, 0.2) is 30.3 Å². The van der Waals surface area contributed by atoms with Crippen LogP contribution in [0.1, 0.15) is 46.6 Å². The molecule has 5 rings (SSSR count). The molecule has 1 saturated carbocycles. The molecule has 0 radical (unpaired) electrons. The van der Waals surface area contributed by atoms with Gasteiger partial charge in [-0.3, -0.25) is 14.3 Å².